The van der Waals surface area contributed by atoms with E-state index in [1.165, 1.54) is 6.07 Å². The number of halogens is 1. The van der Waals surface area contributed by atoms with Crippen LogP contribution in [0, 0.1) is 5.82 Å². The van der Waals surface area contributed by atoms with Gasteiger partial charge in [0.15, 0.2) is 0 Å². The Hall–Kier alpha value is -1.13. The Kier molecular flexibility index (Phi) is 2.65. The zero-order chi connectivity index (χ0) is 9.97. The van der Waals surface area contributed by atoms with Gasteiger partial charge in [-0.3, -0.25) is 4.84 Å². The third kappa shape index (κ3) is 2.02. The number of hydrogen-bond acceptors (Lipinski definition) is 3. The molecule has 0 amide bonds. The first kappa shape index (κ1) is 9.43. The SMILES string of the molecule is Nc1ccc(CN2CCCO2)cc1F. The number of benzene rings is 1. The summed E-state index contributed by atoms with van der Waals surface area (Å²) in [4.78, 5) is 5.31. The quantitative estimate of drug-likeness (QED) is 0.729. The van der Waals surface area contributed by atoms with Gasteiger partial charge in [0, 0.05) is 13.1 Å². The molecule has 0 aromatic heterocycles. The number of rotatable bonds is 2. The first-order valence-electron chi connectivity index (χ1n) is 4.67. The van der Waals surface area contributed by atoms with Crippen LogP contribution in [0.2, 0.25) is 0 Å². The van der Waals surface area contributed by atoms with Crippen molar-refractivity contribution >= 4 is 5.69 Å². The molecule has 2 rings (SSSR count). The van der Waals surface area contributed by atoms with Crippen LogP contribution in [0.5, 0.6) is 0 Å². The minimum atomic E-state index is -0.360. The van der Waals surface area contributed by atoms with Gasteiger partial charge in [-0.2, -0.15) is 5.06 Å². The minimum Gasteiger partial charge on any atom is -0.396 e. The van der Waals surface area contributed by atoms with E-state index in [9.17, 15) is 4.39 Å². The highest BCUT2D eigenvalue weighted by Gasteiger charge is 2.13. The predicted molar refractivity (Wildman–Crippen MR) is 51.8 cm³/mol. The maximum Gasteiger partial charge on any atom is 0.146 e. The zero-order valence-electron chi connectivity index (χ0n) is 7.87. The standard InChI is InChI=1S/C10H13FN2O/c11-9-6-8(2-3-10(9)12)7-13-4-1-5-14-13/h2-3,6H,1,4-5,7,12H2. The molecule has 1 aromatic carbocycles. The van der Waals surface area contributed by atoms with Gasteiger partial charge in [-0.1, -0.05) is 6.07 Å². The van der Waals surface area contributed by atoms with E-state index in [-0.39, 0.29) is 11.5 Å². The van der Waals surface area contributed by atoms with Gasteiger partial charge >= 0.3 is 0 Å². The van der Waals surface area contributed by atoms with Crippen LogP contribution < -0.4 is 5.73 Å². The summed E-state index contributed by atoms with van der Waals surface area (Å²) in [5.41, 5.74) is 6.46. The monoisotopic (exact) mass is 196 g/mol. The van der Waals surface area contributed by atoms with Crippen molar-refractivity contribution in [2.75, 3.05) is 18.9 Å². The summed E-state index contributed by atoms with van der Waals surface area (Å²) in [6.07, 6.45) is 1.04. The third-order valence-corrected chi connectivity index (χ3v) is 2.25. The summed E-state index contributed by atoms with van der Waals surface area (Å²) in [6.45, 7) is 2.29. The fourth-order valence-corrected chi connectivity index (χ4v) is 1.50. The molecule has 0 saturated carbocycles. The highest BCUT2D eigenvalue weighted by atomic mass is 19.1. The number of hydrogen-bond donors (Lipinski definition) is 1. The zero-order valence-corrected chi connectivity index (χ0v) is 7.87. The number of nitrogens with two attached hydrogens (primary N) is 1. The van der Waals surface area contributed by atoms with E-state index in [0.717, 1.165) is 25.1 Å². The van der Waals surface area contributed by atoms with Crippen LogP contribution in [0.25, 0.3) is 0 Å². The Labute approximate surface area is 82.2 Å². The first-order valence-corrected chi connectivity index (χ1v) is 4.67. The summed E-state index contributed by atoms with van der Waals surface area (Å²) in [5.74, 6) is -0.360. The first-order chi connectivity index (χ1) is 6.75. The van der Waals surface area contributed by atoms with Gasteiger partial charge < -0.3 is 5.73 Å². The predicted octanol–water partition coefficient (Wildman–Crippen LogP) is 1.55. The van der Waals surface area contributed by atoms with E-state index < -0.39 is 0 Å². The second-order valence-corrected chi connectivity index (χ2v) is 3.41. The molecule has 14 heavy (non-hydrogen) atoms. The van der Waals surface area contributed by atoms with E-state index in [0.29, 0.717) is 6.54 Å². The number of anilines is 1. The fourth-order valence-electron chi connectivity index (χ4n) is 1.50. The summed E-state index contributed by atoms with van der Waals surface area (Å²) >= 11 is 0. The molecule has 1 saturated heterocycles. The largest absolute Gasteiger partial charge is 0.396 e. The molecule has 0 atom stereocenters. The topological polar surface area (TPSA) is 38.5 Å². The smallest absolute Gasteiger partial charge is 0.146 e. The summed E-state index contributed by atoms with van der Waals surface area (Å²) in [5, 5.41) is 1.84. The normalized spacial score (nSPS) is 17.5. The van der Waals surface area contributed by atoms with Crippen molar-refractivity contribution in [2.45, 2.75) is 13.0 Å². The Balaban J connectivity index is 2.05. The van der Waals surface area contributed by atoms with Crippen LogP contribution in [-0.2, 0) is 11.4 Å². The van der Waals surface area contributed by atoms with Crippen molar-refractivity contribution in [1.29, 1.82) is 0 Å². The van der Waals surface area contributed by atoms with Crippen molar-refractivity contribution < 1.29 is 9.23 Å². The number of nitrogens with zero attached hydrogens (tertiary/aromatic N) is 1. The lowest BCUT2D eigenvalue weighted by atomic mass is 10.2. The van der Waals surface area contributed by atoms with Crippen molar-refractivity contribution in [3.05, 3.63) is 29.6 Å². The lowest BCUT2D eigenvalue weighted by Gasteiger charge is -2.13. The van der Waals surface area contributed by atoms with Gasteiger partial charge in [0.2, 0.25) is 0 Å². The number of hydroxylamine groups is 2. The van der Waals surface area contributed by atoms with Gasteiger partial charge in [0.1, 0.15) is 5.82 Å². The van der Waals surface area contributed by atoms with Gasteiger partial charge in [0.25, 0.3) is 0 Å². The molecule has 4 heteroatoms. The second kappa shape index (κ2) is 3.94. The Morgan fingerprint density at radius 2 is 2.36 bits per heavy atom. The second-order valence-electron chi connectivity index (χ2n) is 3.41. The van der Waals surface area contributed by atoms with E-state index in [4.69, 9.17) is 10.6 Å². The van der Waals surface area contributed by atoms with Crippen LogP contribution in [-0.4, -0.2) is 18.2 Å². The van der Waals surface area contributed by atoms with E-state index in [1.807, 2.05) is 11.1 Å². The maximum atomic E-state index is 13.1. The molecule has 1 heterocycles. The highest BCUT2D eigenvalue weighted by molar-refractivity contribution is 5.41. The number of nitrogen functional groups attached to an aromatic ring is 1. The fraction of sp³-hybridized carbons (Fsp3) is 0.400. The van der Waals surface area contributed by atoms with E-state index in [2.05, 4.69) is 0 Å². The molecule has 3 nitrogen and oxygen atoms in total. The molecule has 0 spiro atoms. The lowest BCUT2D eigenvalue weighted by molar-refractivity contribution is -0.117. The molecule has 1 fully saturated rings. The van der Waals surface area contributed by atoms with Crippen molar-refractivity contribution in [2.24, 2.45) is 0 Å². The molecule has 76 valence electrons. The average Bonchev–Trinajstić information content (AvgIpc) is 2.64. The van der Waals surface area contributed by atoms with E-state index in [1.54, 1.807) is 6.07 Å². The summed E-state index contributed by atoms with van der Waals surface area (Å²) < 4.78 is 13.1. The average molecular weight is 196 g/mol. The summed E-state index contributed by atoms with van der Waals surface area (Å²) in [6, 6.07) is 4.86. The molecular formula is C10H13FN2O. The minimum absolute atomic E-state index is 0.191. The Bertz CT molecular complexity index is 324. The molecule has 0 bridgehead atoms. The van der Waals surface area contributed by atoms with Crippen LogP contribution in [0.4, 0.5) is 10.1 Å². The Morgan fingerprint density at radius 1 is 1.50 bits per heavy atom. The Morgan fingerprint density at radius 3 is 3.00 bits per heavy atom. The molecule has 0 unspecified atom stereocenters. The third-order valence-electron chi connectivity index (χ3n) is 2.25. The molecule has 0 aliphatic carbocycles. The van der Waals surface area contributed by atoms with Crippen molar-refractivity contribution in [3.8, 4) is 0 Å². The van der Waals surface area contributed by atoms with Gasteiger partial charge in [-0.15, -0.1) is 0 Å². The van der Waals surface area contributed by atoms with Gasteiger partial charge in [-0.05, 0) is 24.1 Å². The van der Waals surface area contributed by atoms with Crippen molar-refractivity contribution in [3.63, 3.8) is 0 Å². The van der Waals surface area contributed by atoms with Crippen LogP contribution in [0.1, 0.15) is 12.0 Å². The molecular weight excluding hydrogens is 183 g/mol. The van der Waals surface area contributed by atoms with Crippen LogP contribution >= 0.6 is 0 Å². The summed E-state index contributed by atoms with van der Waals surface area (Å²) in [7, 11) is 0. The van der Waals surface area contributed by atoms with E-state index >= 15 is 0 Å². The highest BCUT2D eigenvalue weighted by Crippen LogP contribution is 2.15. The van der Waals surface area contributed by atoms with Crippen LogP contribution in [0.15, 0.2) is 18.2 Å². The molecule has 1 aromatic rings. The van der Waals surface area contributed by atoms with Crippen molar-refractivity contribution in [1.82, 2.24) is 5.06 Å². The maximum absolute atomic E-state index is 13.1. The van der Waals surface area contributed by atoms with Gasteiger partial charge in [-0.25, -0.2) is 4.39 Å². The molecule has 0 radical (unpaired) electrons. The molecule has 1 aliphatic heterocycles. The molecule has 1 aliphatic rings. The van der Waals surface area contributed by atoms with Crippen LogP contribution in [0.3, 0.4) is 0 Å². The lowest BCUT2D eigenvalue weighted by Crippen LogP contribution is -2.17. The molecule has 2 N–H and O–H groups in total. The van der Waals surface area contributed by atoms with Gasteiger partial charge in [0.05, 0.1) is 12.3 Å².